The number of amides is 1. The van der Waals surface area contributed by atoms with Crippen LogP contribution >= 0.6 is 0 Å². The number of rotatable bonds is 5. The number of hydrogen-bond donors (Lipinski definition) is 3. The molecule has 0 aliphatic heterocycles. The molecule has 0 radical (unpaired) electrons. The van der Waals surface area contributed by atoms with E-state index >= 15 is 4.39 Å². The highest BCUT2D eigenvalue weighted by Gasteiger charge is 2.21. The van der Waals surface area contributed by atoms with Crippen molar-refractivity contribution in [2.24, 2.45) is 5.92 Å². The Bertz CT molecular complexity index is 1770. The lowest BCUT2D eigenvalue weighted by molar-refractivity contribution is -0.118. The molecule has 0 bridgehead atoms. The summed E-state index contributed by atoms with van der Waals surface area (Å²) in [5, 5.41) is 10.4. The van der Waals surface area contributed by atoms with Gasteiger partial charge in [0, 0.05) is 47.4 Å². The first-order valence-corrected chi connectivity index (χ1v) is 11.7. The number of imidazole rings is 1. The summed E-state index contributed by atoms with van der Waals surface area (Å²) < 4.78 is 16.0. The maximum Gasteiger partial charge on any atom is 0.226 e. The minimum atomic E-state index is -0.474. The first kappa shape index (κ1) is 22.5. The molecule has 0 aliphatic rings. The van der Waals surface area contributed by atoms with Gasteiger partial charge in [-0.3, -0.25) is 19.9 Å². The van der Waals surface area contributed by atoms with Crippen molar-refractivity contribution in [3.63, 3.8) is 0 Å². The monoisotopic (exact) mass is 492 g/mol. The number of anilines is 1. The Kier molecular flexibility index (Phi) is 5.41. The fraction of sp³-hybridized carbons (Fsp3) is 0.111. The summed E-state index contributed by atoms with van der Waals surface area (Å²) in [5.74, 6) is -0.417. The van der Waals surface area contributed by atoms with Gasteiger partial charge in [-0.15, -0.1) is 0 Å². The van der Waals surface area contributed by atoms with E-state index in [1.54, 1.807) is 56.8 Å². The number of fused-ring (bicyclic) bond motifs is 2. The van der Waals surface area contributed by atoms with Gasteiger partial charge >= 0.3 is 0 Å². The lowest BCUT2D eigenvalue weighted by atomic mass is 10.0. The predicted molar refractivity (Wildman–Crippen MR) is 139 cm³/mol. The SMILES string of the molecule is CC(C)C(=O)Nc1cncc(-c2ccc3[nH]nc(-c4nc5nccc(-c6ccncc6)c5[nH]4)c3c2F)c1. The number of aromatic nitrogens is 7. The summed E-state index contributed by atoms with van der Waals surface area (Å²) in [7, 11) is 0. The van der Waals surface area contributed by atoms with Crippen molar-refractivity contribution in [1.29, 1.82) is 0 Å². The van der Waals surface area contributed by atoms with Crippen LogP contribution < -0.4 is 5.32 Å². The minimum absolute atomic E-state index is 0.142. The molecule has 6 rings (SSSR count). The molecular formula is C27H21FN8O. The van der Waals surface area contributed by atoms with Crippen LogP contribution in [0.25, 0.3) is 55.8 Å². The number of H-pyrrole nitrogens is 2. The Morgan fingerprint density at radius 1 is 0.973 bits per heavy atom. The second-order valence-corrected chi connectivity index (χ2v) is 8.91. The number of carbonyl (C=O) groups is 1. The number of halogens is 1. The van der Waals surface area contributed by atoms with Crippen molar-refractivity contribution < 1.29 is 9.18 Å². The van der Waals surface area contributed by atoms with Gasteiger partial charge in [0.2, 0.25) is 5.91 Å². The number of aromatic amines is 2. The zero-order valence-electron chi connectivity index (χ0n) is 20.0. The third-order valence-electron chi connectivity index (χ3n) is 6.12. The molecule has 0 saturated carbocycles. The second-order valence-electron chi connectivity index (χ2n) is 8.91. The molecular weight excluding hydrogens is 471 g/mol. The van der Waals surface area contributed by atoms with E-state index in [-0.39, 0.29) is 11.8 Å². The summed E-state index contributed by atoms with van der Waals surface area (Å²) in [6.07, 6.45) is 8.21. The van der Waals surface area contributed by atoms with Gasteiger partial charge in [-0.05, 0) is 42.0 Å². The average Bonchev–Trinajstić information content (AvgIpc) is 3.54. The molecule has 182 valence electrons. The number of pyridine rings is 3. The third kappa shape index (κ3) is 3.98. The molecule has 37 heavy (non-hydrogen) atoms. The van der Waals surface area contributed by atoms with Gasteiger partial charge in [0.1, 0.15) is 11.5 Å². The van der Waals surface area contributed by atoms with Gasteiger partial charge in [0.15, 0.2) is 11.5 Å². The van der Waals surface area contributed by atoms with E-state index in [2.05, 4.69) is 40.4 Å². The fourth-order valence-corrected chi connectivity index (χ4v) is 4.20. The molecule has 5 aromatic heterocycles. The van der Waals surface area contributed by atoms with Crippen LogP contribution in [0.15, 0.2) is 67.4 Å². The minimum Gasteiger partial charge on any atom is -0.335 e. The highest BCUT2D eigenvalue weighted by Crippen LogP contribution is 2.35. The molecule has 1 aromatic carbocycles. The molecule has 5 heterocycles. The van der Waals surface area contributed by atoms with E-state index in [1.807, 2.05) is 18.2 Å². The number of hydrogen-bond acceptors (Lipinski definition) is 6. The van der Waals surface area contributed by atoms with Crippen LogP contribution in [0.5, 0.6) is 0 Å². The molecule has 0 aliphatic carbocycles. The molecule has 9 nitrogen and oxygen atoms in total. The number of carbonyl (C=O) groups excluding carboxylic acids is 1. The second kappa shape index (κ2) is 8.90. The van der Waals surface area contributed by atoms with E-state index in [0.717, 1.165) is 11.1 Å². The van der Waals surface area contributed by atoms with Crippen molar-refractivity contribution in [1.82, 2.24) is 35.1 Å². The molecule has 0 spiro atoms. The quantitative estimate of drug-likeness (QED) is 0.298. The van der Waals surface area contributed by atoms with E-state index < -0.39 is 5.82 Å². The molecule has 1 amide bonds. The molecule has 0 unspecified atom stereocenters. The summed E-state index contributed by atoms with van der Waals surface area (Å²) in [4.78, 5) is 32.7. The van der Waals surface area contributed by atoms with Crippen molar-refractivity contribution in [3.8, 4) is 33.8 Å². The third-order valence-corrected chi connectivity index (χ3v) is 6.12. The standard InChI is InChI=1S/C27H21FN8O/c1-14(2)27(37)32-17-11-16(12-30-13-17)18-3-4-20-21(22(18)28)24(36-35-20)26-33-23-19(7-10-31-25(23)34-26)15-5-8-29-9-6-15/h3-14H,1-2H3,(H,32,37)(H,35,36)(H,31,33,34). The van der Waals surface area contributed by atoms with Crippen LogP contribution in [0.3, 0.4) is 0 Å². The number of nitrogens with one attached hydrogen (secondary N) is 3. The van der Waals surface area contributed by atoms with Gasteiger partial charge in [-0.25, -0.2) is 14.4 Å². The summed E-state index contributed by atoms with van der Waals surface area (Å²) in [5.41, 5.74) is 5.28. The highest BCUT2D eigenvalue weighted by molar-refractivity contribution is 5.98. The Morgan fingerprint density at radius 2 is 1.81 bits per heavy atom. The maximum atomic E-state index is 16.0. The maximum absolute atomic E-state index is 16.0. The summed E-state index contributed by atoms with van der Waals surface area (Å²) in [6, 6.07) is 10.8. The fourth-order valence-electron chi connectivity index (χ4n) is 4.20. The lowest BCUT2D eigenvalue weighted by Crippen LogP contribution is -2.17. The van der Waals surface area contributed by atoms with E-state index in [9.17, 15) is 4.79 Å². The molecule has 0 atom stereocenters. The smallest absolute Gasteiger partial charge is 0.226 e. The summed E-state index contributed by atoms with van der Waals surface area (Å²) in [6.45, 7) is 3.60. The Morgan fingerprint density at radius 3 is 2.62 bits per heavy atom. The van der Waals surface area contributed by atoms with Crippen LogP contribution in [0.2, 0.25) is 0 Å². The predicted octanol–water partition coefficient (Wildman–Crippen LogP) is 5.36. The first-order chi connectivity index (χ1) is 18.0. The van der Waals surface area contributed by atoms with E-state index in [0.29, 0.717) is 50.4 Å². The van der Waals surface area contributed by atoms with Gasteiger partial charge in [0.05, 0.1) is 28.3 Å². The Hall–Kier alpha value is -4.99. The van der Waals surface area contributed by atoms with Crippen LogP contribution in [-0.4, -0.2) is 41.0 Å². The van der Waals surface area contributed by atoms with Crippen molar-refractivity contribution >= 4 is 33.7 Å². The molecule has 0 fully saturated rings. The summed E-state index contributed by atoms with van der Waals surface area (Å²) >= 11 is 0. The van der Waals surface area contributed by atoms with Crippen molar-refractivity contribution in [2.45, 2.75) is 13.8 Å². The first-order valence-electron chi connectivity index (χ1n) is 11.7. The normalized spacial score (nSPS) is 11.5. The van der Waals surface area contributed by atoms with E-state index in [1.165, 1.54) is 6.20 Å². The molecule has 10 heteroatoms. The average molecular weight is 493 g/mol. The van der Waals surface area contributed by atoms with Gasteiger partial charge in [-0.1, -0.05) is 13.8 Å². The van der Waals surface area contributed by atoms with Crippen molar-refractivity contribution in [3.05, 3.63) is 73.2 Å². The van der Waals surface area contributed by atoms with E-state index in [4.69, 9.17) is 0 Å². The van der Waals surface area contributed by atoms with Gasteiger partial charge in [-0.2, -0.15) is 5.10 Å². The Labute approximate surface area is 210 Å². The lowest BCUT2D eigenvalue weighted by Gasteiger charge is -2.10. The van der Waals surface area contributed by atoms with Gasteiger partial charge in [0.25, 0.3) is 0 Å². The van der Waals surface area contributed by atoms with Gasteiger partial charge < -0.3 is 10.3 Å². The van der Waals surface area contributed by atoms with Crippen LogP contribution in [0.1, 0.15) is 13.8 Å². The topological polar surface area (TPSA) is 125 Å². The van der Waals surface area contributed by atoms with Crippen LogP contribution in [-0.2, 0) is 4.79 Å². The molecule has 0 saturated heterocycles. The number of nitrogens with zero attached hydrogens (tertiary/aromatic N) is 5. The van der Waals surface area contributed by atoms with Crippen LogP contribution in [0.4, 0.5) is 10.1 Å². The zero-order chi connectivity index (χ0) is 25.5. The van der Waals surface area contributed by atoms with Crippen LogP contribution in [0, 0.1) is 11.7 Å². The molecule has 3 N–H and O–H groups in total. The highest BCUT2D eigenvalue weighted by atomic mass is 19.1. The molecule has 6 aromatic rings. The number of benzene rings is 1. The zero-order valence-corrected chi connectivity index (χ0v) is 20.0. The van der Waals surface area contributed by atoms with Crippen molar-refractivity contribution in [2.75, 3.05) is 5.32 Å². The largest absolute Gasteiger partial charge is 0.335 e. The Balaban J connectivity index is 1.45.